The van der Waals surface area contributed by atoms with Crippen LogP contribution in [-0.4, -0.2) is 17.6 Å². The third-order valence-corrected chi connectivity index (χ3v) is 2.67. The maximum atomic E-state index is 8.62. The lowest BCUT2D eigenvalue weighted by Crippen LogP contribution is -2.31. The average molecular weight is 202 g/mol. The van der Waals surface area contributed by atoms with Crippen molar-refractivity contribution in [2.24, 2.45) is 11.7 Å². The van der Waals surface area contributed by atoms with Crippen LogP contribution in [0.1, 0.15) is 18.4 Å². The Hall–Kier alpha value is -1.60. The average Bonchev–Trinajstić information content (AvgIpc) is 3.10. The van der Waals surface area contributed by atoms with Crippen molar-refractivity contribution >= 4 is 5.82 Å². The van der Waals surface area contributed by atoms with E-state index in [1.54, 1.807) is 12.3 Å². The molecule has 1 aliphatic carbocycles. The molecular weight excluding hydrogens is 188 g/mol. The Bertz CT molecular complexity index is 361. The molecule has 2 rings (SSSR count). The molecule has 3 N–H and O–H groups in total. The maximum Gasteiger partial charge on any atom is 0.126 e. The van der Waals surface area contributed by atoms with Gasteiger partial charge in [-0.1, -0.05) is 0 Å². The number of nitrogens with two attached hydrogens (primary N) is 1. The monoisotopic (exact) mass is 202 g/mol. The number of nitriles is 1. The first-order chi connectivity index (χ1) is 7.33. The fourth-order valence-corrected chi connectivity index (χ4v) is 1.60. The molecule has 0 amide bonds. The molecule has 0 radical (unpaired) electrons. The standard InChI is InChI=1S/C11H14N4/c12-5-8-1-4-11(14-7-8)15-10(6-13)9-2-3-9/h1,4,7,9-10H,2-3,6,13H2,(H,14,15). The highest BCUT2D eigenvalue weighted by Gasteiger charge is 2.30. The Morgan fingerprint density at radius 2 is 2.40 bits per heavy atom. The Kier molecular flexibility index (Phi) is 2.84. The van der Waals surface area contributed by atoms with Crippen LogP contribution in [0.5, 0.6) is 0 Å². The fourth-order valence-electron chi connectivity index (χ4n) is 1.60. The van der Waals surface area contributed by atoms with Crippen LogP contribution in [0, 0.1) is 17.2 Å². The summed E-state index contributed by atoms with van der Waals surface area (Å²) < 4.78 is 0. The lowest BCUT2D eigenvalue weighted by atomic mass is 10.2. The molecular formula is C11H14N4. The third kappa shape index (κ3) is 2.45. The number of rotatable bonds is 4. The van der Waals surface area contributed by atoms with Crippen LogP contribution in [0.3, 0.4) is 0 Å². The summed E-state index contributed by atoms with van der Waals surface area (Å²) >= 11 is 0. The first-order valence-electron chi connectivity index (χ1n) is 5.16. The van der Waals surface area contributed by atoms with Crippen LogP contribution in [0.4, 0.5) is 5.82 Å². The van der Waals surface area contributed by atoms with Gasteiger partial charge in [0.05, 0.1) is 5.56 Å². The normalized spacial score (nSPS) is 16.8. The van der Waals surface area contributed by atoms with E-state index in [4.69, 9.17) is 11.0 Å². The van der Waals surface area contributed by atoms with E-state index in [0.717, 1.165) is 5.82 Å². The lowest BCUT2D eigenvalue weighted by molar-refractivity contribution is 0.642. The largest absolute Gasteiger partial charge is 0.366 e. The Morgan fingerprint density at radius 3 is 2.87 bits per heavy atom. The minimum absolute atomic E-state index is 0.324. The van der Waals surface area contributed by atoms with Crippen molar-refractivity contribution < 1.29 is 0 Å². The third-order valence-electron chi connectivity index (χ3n) is 2.67. The van der Waals surface area contributed by atoms with E-state index in [1.165, 1.54) is 12.8 Å². The molecule has 0 aromatic carbocycles. The van der Waals surface area contributed by atoms with Crippen LogP contribution < -0.4 is 11.1 Å². The van der Waals surface area contributed by atoms with Gasteiger partial charge in [-0.05, 0) is 30.9 Å². The SMILES string of the molecule is N#Cc1ccc(NC(CN)C2CC2)nc1. The van der Waals surface area contributed by atoms with Crippen LogP contribution in [0.15, 0.2) is 18.3 Å². The second kappa shape index (κ2) is 4.28. The van der Waals surface area contributed by atoms with Gasteiger partial charge < -0.3 is 11.1 Å². The molecule has 0 aliphatic heterocycles. The van der Waals surface area contributed by atoms with E-state index in [2.05, 4.69) is 10.3 Å². The molecule has 1 heterocycles. The molecule has 0 spiro atoms. The van der Waals surface area contributed by atoms with E-state index < -0.39 is 0 Å². The van der Waals surface area contributed by atoms with Crippen molar-refractivity contribution in [3.63, 3.8) is 0 Å². The number of hydrogen-bond donors (Lipinski definition) is 2. The maximum absolute atomic E-state index is 8.62. The Labute approximate surface area is 89.1 Å². The minimum atomic E-state index is 0.324. The summed E-state index contributed by atoms with van der Waals surface area (Å²) in [5, 5.41) is 11.9. The molecule has 0 bridgehead atoms. The van der Waals surface area contributed by atoms with Gasteiger partial charge in [0.25, 0.3) is 0 Å². The van der Waals surface area contributed by atoms with Gasteiger partial charge in [0, 0.05) is 18.8 Å². The van der Waals surface area contributed by atoms with E-state index in [-0.39, 0.29) is 0 Å². The van der Waals surface area contributed by atoms with E-state index in [9.17, 15) is 0 Å². The summed E-state index contributed by atoms with van der Waals surface area (Å²) in [5.41, 5.74) is 6.25. The molecule has 1 aromatic rings. The van der Waals surface area contributed by atoms with Gasteiger partial charge in [0.2, 0.25) is 0 Å². The van der Waals surface area contributed by atoms with Crippen LogP contribution in [-0.2, 0) is 0 Å². The van der Waals surface area contributed by atoms with E-state index in [0.29, 0.717) is 24.1 Å². The summed E-state index contributed by atoms with van der Waals surface area (Å²) in [6, 6.07) is 5.95. The molecule has 1 saturated carbocycles. The first kappa shape index (κ1) is 9.94. The van der Waals surface area contributed by atoms with Crippen LogP contribution in [0.25, 0.3) is 0 Å². The second-order valence-corrected chi connectivity index (χ2v) is 3.87. The zero-order valence-corrected chi connectivity index (χ0v) is 8.48. The Balaban J connectivity index is 2.00. The van der Waals surface area contributed by atoms with Gasteiger partial charge in [-0.25, -0.2) is 4.98 Å². The fraction of sp³-hybridized carbons (Fsp3) is 0.455. The summed E-state index contributed by atoms with van der Waals surface area (Å²) in [5.74, 6) is 1.50. The second-order valence-electron chi connectivity index (χ2n) is 3.87. The van der Waals surface area contributed by atoms with Gasteiger partial charge >= 0.3 is 0 Å². The van der Waals surface area contributed by atoms with E-state index in [1.807, 2.05) is 12.1 Å². The number of nitrogens with one attached hydrogen (secondary N) is 1. The van der Waals surface area contributed by atoms with Crippen molar-refractivity contribution in [2.45, 2.75) is 18.9 Å². The number of anilines is 1. The van der Waals surface area contributed by atoms with Gasteiger partial charge in [-0.15, -0.1) is 0 Å². The highest BCUT2D eigenvalue weighted by atomic mass is 15.0. The van der Waals surface area contributed by atoms with Crippen molar-refractivity contribution in [3.05, 3.63) is 23.9 Å². The van der Waals surface area contributed by atoms with Crippen molar-refractivity contribution in [3.8, 4) is 6.07 Å². The summed E-state index contributed by atoms with van der Waals surface area (Å²) in [6.07, 6.45) is 4.08. The molecule has 1 aliphatic rings. The van der Waals surface area contributed by atoms with Crippen LogP contribution >= 0.6 is 0 Å². The van der Waals surface area contributed by atoms with Crippen molar-refractivity contribution in [2.75, 3.05) is 11.9 Å². The van der Waals surface area contributed by atoms with Crippen LogP contribution in [0.2, 0.25) is 0 Å². The predicted molar refractivity (Wildman–Crippen MR) is 58.1 cm³/mol. The lowest BCUT2D eigenvalue weighted by Gasteiger charge is -2.16. The molecule has 4 nitrogen and oxygen atoms in total. The topological polar surface area (TPSA) is 74.7 Å². The number of nitrogens with zero attached hydrogens (tertiary/aromatic N) is 2. The zero-order valence-electron chi connectivity index (χ0n) is 8.48. The summed E-state index contributed by atoms with van der Waals surface area (Å²) in [6.45, 7) is 0.631. The minimum Gasteiger partial charge on any atom is -0.366 e. The highest BCUT2D eigenvalue weighted by Crippen LogP contribution is 2.33. The number of hydrogen-bond acceptors (Lipinski definition) is 4. The van der Waals surface area contributed by atoms with Gasteiger partial charge in [-0.3, -0.25) is 0 Å². The van der Waals surface area contributed by atoms with Crippen molar-refractivity contribution in [1.29, 1.82) is 5.26 Å². The summed E-state index contributed by atoms with van der Waals surface area (Å²) in [4.78, 5) is 4.16. The molecule has 4 heteroatoms. The van der Waals surface area contributed by atoms with Gasteiger partial charge in [0.15, 0.2) is 0 Å². The number of aromatic nitrogens is 1. The quantitative estimate of drug-likeness (QED) is 0.766. The smallest absolute Gasteiger partial charge is 0.126 e. The molecule has 0 saturated heterocycles. The molecule has 78 valence electrons. The van der Waals surface area contributed by atoms with Crippen molar-refractivity contribution in [1.82, 2.24) is 4.98 Å². The molecule has 1 unspecified atom stereocenters. The highest BCUT2D eigenvalue weighted by molar-refractivity contribution is 5.40. The zero-order chi connectivity index (χ0) is 10.7. The molecule has 1 fully saturated rings. The predicted octanol–water partition coefficient (Wildman–Crippen LogP) is 1.10. The molecule has 1 atom stereocenters. The Morgan fingerprint density at radius 1 is 1.60 bits per heavy atom. The molecule has 15 heavy (non-hydrogen) atoms. The van der Waals surface area contributed by atoms with Gasteiger partial charge in [-0.2, -0.15) is 5.26 Å². The summed E-state index contributed by atoms with van der Waals surface area (Å²) in [7, 11) is 0. The molecule has 1 aromatic heterocycles. The van der Waals surface area contributed by atoms with E-state index >= 15 is 0 Å². The van der Waals surface area contributed by atoms with Gasteiger partial charge in [0.1, 0.15) is 11.9 Å². The first-order valence-corrected chi connectivity index (χ1v) is 5.16. The number of pyridine rings is 1.